The minimum absolute atomic E-state index is 0.0760. The smallest absolute Gasteiger partial charge is 0.0252 e. The zero-order valence-electron chi connectivity index (χ0n) is 9.35. The van der Waals surface area contributed by atoms with Gasteiger partial charge in [0.15, 0.2) is 0 Å². The Morgan fingerprint density at radius 2 is 2.08 bits per heavy atom. The molecule has 3 N–H and O–H groups in total. The van der Waals surface area contributed by atoms with Gasteiger partial charge in [-0.25, -0.2) is 0 Å². The molecule has 0 unspecified atom stereocenters. The van der Waals surface area contributed by atoms with E-state index in [1.807, 2.05) is 0 Å². The quantitative estimate of drug-likeness (QED) is 0.654. The van der Waals surface area contributed by atoms with Crippen molar-refractivity contribution < 1.29 is 0 Å². The molecule has 1 aliphatic rings. The van der Waals surface area contributed by atoms with Gasteiger partial charge in [0.25, 0.3) is 0 Å². The van der Waals surface area contributed by atoms with Crippen LogP contribution < -0.4 is 11.1 Å². The van der Waals surface area contributed by atoms with Gasteiger partial charge in [0.2, 0.25) is 0 Å². The first kappa shape index (κ1) is 11.0. The van der Waals surface area contributed by atoms with E-state index < -0.39 is 0 Å². The lowest BCUT2D eigenvalue weighted by Gasteiger charge is -2.41. The molecule has 1 fully saturated rings. The third-order valence-electron chi connectivity index (χ3n) is 2.28. The fourth-order valence-corrected chi connectivity index (χ4v) is 1.96. The molecule has 1 saturated heterocycles. The first-order chi connectivity index (χ1) is 5.79. The van der Waals surface area contributed by atoms with Gasteiger partial charge in [-0.1, -0.05) is 0 Å². The van der Waals surface area contributed by atoms with Crippen molar-refractivity contribution in [1.82, 2.24) is 10.2 Å². The highest BCUT2D eigenvalue weighted by molar-refractivity contribution is 4.89. The van der Waals surface area contributed by atoms with E-state index in [-0.39, 0.29) is 11.1 Å². The van der Waals surface area contributed by atoms with Gasteiger partial charge in [-0.05, 0) is 27.7 Å². The van der Waals surface area contributed by atoms with Crippen molar-refractivity contribution in [2.45, 2.75) is 38.8 Å². The van der Waals surface area contributed by atoms with Crippen LogP contribution in [0.5, 0.6) is 0 Å². The molecule has 3 heteroatoms. The molecule has 0 spiro atoms. The predicted molar refractivity (Wildman–Crippen MR) is 56.8 cm³/mol. The molecule has 0 aromatic heterocycles. The Labute approximate surface area is 81.7 Å². The van der Waals surface area contributed by atoms with Gasteiger partial charge >= 0.3 is 0 Å². The van der Waals surface area contributed by atoms with E-state index >= 15 is 0 Å². The Morgan fingerprint density at radius 3 is 2.54 bits per heavy atom. The molecular formula is C10H23N3. The van der Waals surface area contributed by atoms with E-state index in [0.29, 0.717) is 0 Å². The molecule has 13 heavy (non-hydrogen) atoms. The number of nitrogens with two attached hydrogens (primary N) is 1. The highest BCUT2D eigenvalue weighted by Gasteiger charge is 2.27. The number of nitrogens with one attached hydrogen (secondary N) is 1. The first-order valence-electron chi connectivity index (χ1n) is 5.05. The van der Waals surface area contributed by atoms with E-state index in [0.717, 1.165) is 26.2 Å². The monoisotopic (exact) mass is 185 g/mol. The zero-order valence-corrected chi connectivity index (χ0v) is 9.35. The van der Waals surface area contributed by atoms with Crippen molar-refractivity contribution in [3.8, 4) is 0 Å². The summed E-state index contributed by atoms with van der Waals surface area (Å²) in [4.78, 5) is 2.44. The first-order valence-corrected chi connectivity index (χ1v) is 5.05. The average Bonchev–Trinajstić information content (AvgIpc) is 1.79. The molecule has 0 aromatic rings. The van der Waals surface area contributed by atoms with E-state index in [4.69, 9.17) is 5.73 Å². The summed E-state index contributed by atoms with van der Waals surface area (Å²) in [5.41, 5.74) is 6.16. The van der Waals surface area contributed by atoms with Gasteiger partial charge in [0.1, 0.15) is 0 Å². The molecule has 1 heterocycles. The Bertz CT molecular complexity index is 167. The number of hydrogen-bond donors (Lipinski definition) is 2. The summed E-state index contributed by atoms with van der Waals surface area (Å²) in [6.07, 6.45) is 0. The van der Waals surface area contributed by atoms with Gasteiger partial charge in [0.05, 0.1) is 0 Å². The van der Waals surface area contributed by atoms with Crippen molar-refractivity contribution in [3.63, 3.8) is 0 Å². The van der Waals surface area contributed by atoms with Crippen LogP contribution in [0.15, 0.2) is 0 Å². The largest absolute Gasteiger partial charge is 0.324 e. The standard InChI is InChI=1S/C10H23N3/c1-9(2,11)7-13-6-5-12-10(3,4)8-13/h12H,5-8,11H2,1-4H3. The molecule has 0 amide bonds. The summed E-state index contributed by atoms with van der Waals surface area (Å²) in [5.74, 6) is 0. The molecular weight excluding hydrogens is 162 g/mol. The Morgan fingerprint density at radius 1 is 1.46 bits per heavy atom. The van der Waals surface area contributed by atoms with E-state index in [1.54, 1.807) is 0 Å². The SMILES string of the molecule is CC(C)(N)CN1CCNC(C)(C)C1. The second-order valence-corrected chi connectivity index (χ2v) is 5.51. The van der Waals surface area contributed by atoms with Crippen molar-refractivity contribution >= 4 is 0 Å². The fourth-order valence-electron chi connectivity index (χ4n) is 1.96. The maximum atomic E-state index is 5.99. The lowest BCUT2D eigenvalue weighted by Crippen LogP contribution is -2.60. The molecule has 0 saturated carbocycles. The van der Waals surface area contributed by atoms with Gasteiger partial charge in [-0.2, -0.15) is 0 Å². The summed E-state index contributed by atoms with van der Waals surface area (Å²) in [6, 6.07) is 0. The summed E-state index contributed by atoms with van der Waals surface area (Å²) < 4.78 is 0. The van der Waals surface area contributed by atoms with E-state index in [2.05, 4.69) is 37.9 Å². The minimum Gasteiger partial charge on any atom is -0.324 e. The molecule has 0 bridgehead atoms. The average molecular weight is 185 g/mol. The maximum Gasteiger partial charge on any atom is 0.0252 e. The summed E-state index contributed by atoms with van der Waals surface area (Å²) in [7, 11) is 0. The fraction of sp³-hybridized carbons (Fsp3) is 1.00. The van der Waals surface area contributed by atoms with Crippen molar-refractivity contribution in [2.75, 3.05) is 26.2 Å². The summed E-state index contributed by atoms with van der Waals surface area (Å²) in [6.45, 7) is 12.9. The van der Waals surface area contributed by atoms with Crippen LogP contribution in [0.1, 0.15) is 27.7 Å². The Kier molecular flexibility index (Phi) is 3.00. The van der Waals surface area contributed by atoms with E-state index in [9.17, 15) is 0 Å². The van der Waals surface area contributed by atoms with Crippen LogP contribution in [-0.4, -0.2) is 42.2 Å². The summed E-state index contributed by atoms with van der Waals surface area (Å²) >= 11 is 0. The zero-order chi connectivity index (χ0) is 10.1. The van der Waals surface area contributed by atoms with Gasteiger partial charge in [-0.15, -0.1) is 0 Å². The highest BCUT2D eigenvalue weighted by Crippen LogP contribution is 2.12. The molecule has 0 aliphatic carbocycles. The van der Waals surface area contributed by atoms with Crippen LogP contribution in [0, 0.1) is 0 Å². The lowest BCUT2D eigenvalue weighted by molar-refractivity contribution is 0.133. The molecule has 1 rings (SSSR count). The van der Waals surface area contributed by atoms with Crippen molar-refractivity contribution in [1.29, 1.82) is 0 Å². The molecule has 0 atom stereocenters. The molecule has 0 radical (unpaired) electrons. The van der Waals surface area contributed by atoms with Crippen molar-refractivity contribution in [3.05, 3.63) is 0 Å². The minimum atomic E-state index is -0.0760. The number of piperazine rings is 1. The molecule has 1 aliphatic heterocycles. The number of rotatable bonds is 2. The van der Waals surface area contributed by atoms with Crippen molar-refractivity contribution in [2.24, 2.45) is 5.73 Å². The van der Waals surface area contributed by atoms with Crippen LogP contribution in [-0.2, 0) is 0 Å². The Balaban J connectivity index is 2.44. The lowest BCUT2D eigenvalue weighted by atomic mass is 9.99. The summed E-state index contributed by atoms with van der Waals surface area (Å²) in [5, 5.41) is 3.49. The number of hydrogen-bond acceptors (Lipinski definition) is 3. The van der Waals surface area contributed by atoms with Gasteiger partial charge < -0.3 is 11.1 Å². The van der Waals surface area contributed by atoms with Crippen LogP contribution >= 0.6 is 0 Å². The highest BCUT2D eigenvalue weighted by atomic mass is 15.2. The normalized spacial score (nSPS) is 24.7. The second kappa shape index (κ2) is 3.56. The van der Waals surface area contributed by atoms with Gasteiger partial charge in [-0.3, -0.25) is 4.90 Å². The third-order valence-corrected chi connectivity index (χ3v) is 2.28. The predicted octanol–water partition coefficient (Wildman–Crippen LogP) is 0.408. The molecule has 78 valence electrons. The van der Waals surface area contributed by atoms with Crippen LogP contribution in [0.2, 0.25) is 0 Å². The van der Waals surface area contributed by atoms with Gasteiger partial charge in [0, 0.05) is 37.3 Å². The van der Waals surface area contributed by atoms with Crippen LogP contribution in [0.25, 0.3) is 0 Å². The molecule has 3 nitrogen and oxygen atoms in total. The second-order valence-electron chi connectivity index (χ2n) is 5.51. The third kappa shape index (κ3) is 4.07. The van der Waals surface area contributed by atoms with Crippen LogP contribution in [0.4, 0.5) is 0 Å². The Hall–Kier alpha value is -0.120. The maximum absolute atomic E-state index is 5.99. The topological polar surface area (TPSA) is 41.3 Å². The number of nitrogens with zero attached hydrogens (tertiary/aromatic N) is 1. The molecule has 0 aromatic carbocycles. The van der Waals surface area contributed by atoms with Crippen LogP contribution in [0.3, 0.4) is 0 Å². The van der Waals surface area contributed by atoms with E-state index in [1.165, 1.54) is 0 Å².